The molecule has 0 spiro atoms. The number of hydrogen-bond acceptors (Lipinski definition) is 6. The van der Waals surface area contributed by atoms with E-state index in [4.69, 9.17) is 0 Å². The van der Waals surface area contributed by atoms with Crippen LogP contribution in [0.1, 0.15) is 16.2 Å². The predicted octanol–water partition coefficient (Wildman–Crippen LogP) is 3.17. The molecular weight excluding hydrogens is 435 g/mol. The molecule has 0 N–H and O–H groups in total. The monoisotopic (exact) mass is 453 g/mol. The summed E-state index contributed by atoms with van der Waals surface area (Å²) in [7, 11) is 0. The van der Waals surface area contributed by atoms with Crippen molar-refractivity contribution in [2.75, 3.05) is 31.1 Å². The fourth-order valence-corrected chi connectivity index (χ4v) is 3.85. The minimum absolute atomic E-state index is 0.129. The molecule has 1 aromatic carbocycles. The van der Waals surface area contributed by atoms with Gasteiger partial charge in [-0.1, -0.05) is 12.1 Å². The van der Waals surface area contributed by atoms with Crippen LogP contribution in [0.5, 0.6) is 0 Å². The lowest BCUT2D eigenvalue weighted by molar-refractivity contribution is -0.137. The standard InChI is InChI=1S/C22H18F3N7O/c23-22(24,25)16-4-1-3-15(13-16)18-17-14-26-7-8-32(17)19(29-18)20(33)30-9-11-31(12-10-30)21-27-5-2-6-28-21/h1-8,13-14H,9-12H2. The Morgan fingerprint density at radius 2 is 1.73 bits per heavy atom. The van der Waals surface area contributed by atoms with Gasteiger partial charge in [0.15, 0.2) is 0 Å². The maximum atomic E-state index is 13.3. The Balaban J connectivity index is 1.45. The molecule has 4 aromatic rings. The lowest BCUT2D eigenvalue weighted by Gasteiger charge is -2.34. The minimum atomic E-state index is -4.48. The smallest absolute Gasteiger partial charge is 0.337 e. The van der Waals surface area contributed by atoms with Gasteiger partial charge in [-0.25, -0.2) is 15.0 Å². The predicted molar refractivity (Wildman–Crippen MR) is 114 cm³/mol. The van der Waals surface area contributed by atoms with Crippen molar-refractivity contribution in [2.45, 2.75) is 6.18 Å². The van der Waals surface area contributed by atoms with Crippen LogP contribution in [-0.4, -0.2) is 61.3 Å². The SMILES string of the molecule is O=C(c1nc(-c2cccc(C(F)(F)F)c2)c2cnccn12)N1CCN(c2ncccn2)CC1. The van der Waals surface area contributed by atoms with Crippen LogP contribution in [-0.2, 0) is 6.18 Å². The fourth-order valence-electron chi connectivity index (χ4n) is 3.85. The van der Waals surface area contributed by atoms with Crippen LogP contribution in [0.4, 0.5) is 19.1 Å². The summed E-state index contributed by atoms with van der Waals surface area (Å²) in [5, 5.41) is 0. The summed E-state index contributed by atoms with van der Waals surface area (Å²) in [5.41, 5.74) is 0.211. The topological polar surface area (TPSA) is 79.5 Å². The molecule has 1 aliphatic rings. The highest BCUT2D eigenvalue weighted by molar-refractivity contribution is 5.94. The van der Waals surface area contributed by atoms with Gasteiger partial charge >= 0.3 is 6.18 Å². The summed E-state index contributed by atoms with van der Waals surface area (Å²) in [4.78, 5) is 34.0. The summed E-state index contributed by atoms with van der Waals surface area (Å²) in [5.74, 6) is 0.432. The number of carbonyl (C=O) groups excluding carboxylic acids is 1. The van der Waals surface area contributed by atoms with Gasteiger partial charge in [0.1, 0.15) is 0 Å². The van der Waals surface area contributed by atoms with Gasteiger partial charge in [-0.3, -0.25) is 14.2 Å². The van der Waals surface area contributed by atoms with Gasteiger partial charge in [-0.15, -0.1) is 0 Å². The number of piperazine rings is 1. The number of hydrogen-bond donors (Lipinski definition) is 0. The molecule has 0 radical (unpaired) electrons. The molecule has 168 valence electrons. The van der Waals surface area contributed by atoms with Gasteiger partial charge in [0, 0.05) is 56.5 Å². The highest BCUT2D eigenvalue weighted by Crippen LogP contribution is 2.33. The Morgan fingerprint density at radius 1 is 0.970 bits per heavy atom. The molecule has 4 heterocycles. The van der Waals surface area contributed by atoms with E-state index in [0.717, 1.165) is 12.1 Å². The number of alkyl halides is 3. The van der Waals surface area contributed by atoms with Crippen LogP contribution in [0.3, 0.4) is 0 Å². The normalized spacial score (nSPS) is 14.6. The molecule has 1 fully saturated rings. The van der Waals surface area contributed by atoms with Crippen molar-refractivity contribution in [3.05, 3.63) is 72.7 Å². The van der Waals surface area contributed by atoms with Crippen LogP contribution < -0.4 is 4.90 Å². The molecule has 5 rings (SSSR count). The minimum Gasteiger partial charge on any atom is -0.337 e. The lowest BCUT2D eigenvalue weighted by Crippen LogP contribution is -2.49. The Labute approximate surface area is 186 Å². The lowest BCUT2D eigenvalue weighted by atomic mass is 10.1. The molecule has 1 amide bonds. The highest BCUT2D eigenvalue weighted by Gasteiger charge is 2.31. The first-order chi connectivity index (χ1) is 15.9. The van der Waals surface area contributed by atoms with Gasteiger partial charge in [-0.2, -0.15) is 13.2 Å². The average Bonchev–Trinajstić information content (AvgIpc) is 3.24. The summed E-state index contributed by atoms with van der Waals surface area (Å²) < 4.78 is 41.2. The van der Waals surface area contributed by atoms with Crippen molar-refractivity contribution in [2.24, 2.45) is 0 Å². The number of imidazole rings is 1. The van der Waals surface area contributed by atoms with Crippen LogP contribution >= 0.6 is 0 Å². The van der Waals surface area contributed by atoms with Crippen LogP contribution in [0, 0.1) is 0 Å². The molecule has 33 heavy (non-hydrogen) atoms. The van der Waals surface area contributed by atoms with Gasteiger partial charge < -0.3 is 9.80 Å². The third-order valence-corrected chi connectivity index (χ3v) is 5.50. The highest BCUT2D eigenvalue weighted by atomic mass is 19.4. The van der Waals surface area contributed by atoms with E-state index < -0.39 is 11.7 Å². The van der Waals surface area contributed by atoms with E-state index in [9.17, 15) is 18.0 Å². The molecule has 0 bridgehead atoms. The number of halogens is 3. The second-order valence-electron chi connectivity index (χ2n) is 7.52. The van der Waals surface area contributed by atoms with E-state index >= 15 is 0 Å². The van der Waals surface area contributed by atoms with Crippen molar-refractivity contribution >= 4 is 17.4 Å². The van der Waals surface area contributed by atoms with Crippen molar-refractivity contribution in [1.29, 1.82) is 0 Å². The first-order valence-corrected chi connectivity index (χ1v) is 10.2. The van der Waals surface area contributed by atoms with E-state index in [0.29, 0.717) is 37.6 Å². The van der Waals surface area contributed by atoms with E-state index in [2.05, 4.69) is 19.9 Å². The molecule has 11 heteroatoms. The number of rotatable bonds is 3. The number of anilines is 1. The van der Waals surface area contributed by atoms with E-state index in [1.807, 2.05) is 4.90 Å². The van der Waals surface area contributed by atoms with Gasteiger partial charge in [0.25, 0.3) is 5.91 Å². The van der Waals surface area contributed by atoms with Crippen molar-refractivity contribution < 1.29 is 18.0 Å². The Kier molecular flexibility index (Phi) is 5.15. The Bertz CT molecular complexity index is 1300. The van der Waals surface area contributed by atoms with Crippen LogP contribution in [0.25, 0.3) is 16.8 Å². The number of carbonyl (C=O) groups is 1. The number of nitrogens with zero attached hydrogens (tertiary/aromatic N) is 7. The van der Waals surface area contributed by atoms with Crippen molar-refractivity contribution in [1.82, 2.24) is 29.2 Å². The quantitative estimate of drug-likeness (QED) is 0.474. The molecule has 1 saturated heterocycles. The molecule has 0 atom stereocenters. The third-order valence-electron chi connectivity index (χ3n) is 5.50. The Morgan fingerprint density at radius 3 is 2.45 bits per heavy atom. The van der Waals surface area contributed by atoms with Crippen molar-refractivity contribution in [3.63, 3.8) is 0 Å². The first kappa shape index (κ1) is 20.9. The molecule has 1 aliphatic heterocycles. The second-order valence-corrected chi connectivity index (χ2v) is 7.52. The Hall–Kier alpha value is -4.02. The number of benzene rings is 1. The van der Waals surface area contributed by atoms with E-state index in [1.54, 1.807) is 34.0 Å². The summed E-state index contributed by atoms with van der Waals surface area (Å²) in [6.45, 7) is 1.99. The average molecular weight is 453 g/mol. The summed E-state index contributed by atoms with van der Waals surface area (Å²) in [6, 6.07) is 6.64. The van der Waals surface area contributed by atoms with Gasteiger partial charge in [-0.05, 0) is 18.2 Å². The van der Waals surface area contributed by atoms with Crippen LogP contribution in [0.15, 0.2) is 61.3 Å². The zero-order valence-corrected chi connectivity index (χ0v) is 17.3. The molecule has 0 aliphatic carbocycles. The molecule has 0 saturated carbocycles. The number of amides is 1. The number of fused-ring (bicyclic) bond motifs is 1. The fraction of sp³-hybridized carbons (Fsp3) is 0.227. The molecule has 3 aromatic heterocycles. The largest absolute Gasteiger partial charge is 0.416 e. The third kappa shape index (κ3) is 3.97. The maximum Gasteiger partial charge on any atom is 0.416 e. The van der Waals surface area contributed by atoms with Gasteiger partial charge in [0.05, 0.1) is 23.0 Å². The summed E-state index contributed by atoms with van der Waals surface area (Å²) in [6.07, 6.45) is 3.43. The van der Waals surface area contributed by atoms with Crippen molar-refractivity contribution in [3.8, 4) is 11.3 Å². The maximum absolute atomic E-state index is 13.3. The molecular formula is C22H18F3N7O. The zero-order chi connectivity index (χ0) is 23.0. The van der Waals surface area contributed by atoms with Crippen LogP contribution in [0.2, 0.25) is 0 Å². The second kappa shape index (κ2) is 8.15. The van der Waals surface area contributed by atoms with E-state index in [1.165, 1.54) is 24.5 Å². The first-order valence-electron chi connectivity index (χ1n) is 10.2. The van der Waals surface area contributed by atoms with E-state index in [-0.39, 0.29) is 23.0 Å². The number of aromatic nitrogens is 5. The van der Waals surface area contributed by atoms with Gasteiger partial charge in [0.2, 0.25) is 11.8 Å². The summed E-state index contributed by atoms with van der Waals surface area (Å²) >= 11 is 0. The molecule has 0 unspecified atom stereocenters. The zero-order valence-electron chi connectivity index (χ0n) is 17.3. The molecule has 8 nitrogen and oxygen atoms in total.